The second-order valence-corrected chi connectivity index (χ2v) is 5.92. The van der Waals surface area contributed by atoms with Crippen LogP contribution in [-0.2, 0) is 23.1 Å². The number of benzene rings is 1. The van der Waals surface area contributed by atoms with E-state index in [-0.39, 0.29) is 0 Å². The molecule has 0 bridgehead atoms. The van der Waals surface area contributed by atoms with Gasteiger partial charge in [0, 0.05) is 12.3 Å². The standard InChI is InChI=1S/C17H17F3N2O2/c1-16(2,12-6-4-3-5-7-12)21-14(23)11-22-10-13(17(18,19)20)8-9-15(22)24/h3-10H,11H2,1-2H3,(H,21,23). The quantitative estimate of drug-likeness (QED) is 0.932. The van der Waals surface area contributed by atoms with Crippen molar-refractivity contribution in [1.29, 1.82) is 0 Å². The Morgan fingerprint density at radius 2 is 1.67 bits per heavy atom. The minimum Gasteiger partial charge on any atom is -0.346 e. The van der Waals surface area contributed by atoms with E-state index in [1.165, 1.54) is 0 Å². The first-order valence-corrected chi connectivity index (χ1v) is 7.24. The summed E-state index contributed by atoms with van der Waals surface area (Å²) in [6, 6.07) is 10.6. The van der Waals surface area contributed by atoms with E-state index in [0.717, 1.165) is 16.2 Å². The summed E-state index contributed by atoms with van der Waals surface area (Å²) in [5, 5.41) is 2.73. The van der Waals surface area contributed by atoms with Crippen LogP contribution in [0.4, 0.5) is 13.2 Å². The predicted molar refractivity (Wildman–Crippen MR) is 83.3 cm³/mol. The van der Waals surface area contributed by atoms with Crippen LogP contribution in [0.2, 0.25) is 0 Å². The van der Waals surface area contributed by atoms with Crippen LogP contribution in [0.1, 0.15) is 25.0 Å². The summed E-state index contributed by atoms with van der Waals surface area (Å²) in [6.45, 7) is 3.06. The van der Waals surface area contributed by atoms with E-state index in [4.69, 9.17) is 0 Å². The van der Waals surface area contributed by atoms with E-state index >= 15 is 0 Å². The second-order valence-electron chi connectivity index (χ2n) is 5.92. The van der Waals surface area contributed by atoms with E-state index in [2.05, 4.69) is 5.32 Å². The van der Waals surface area contributed by atoms with Crippen molar-refractivity contribution in [3.05, 3.63) is 70.1 Å². The molecule has 1 amide bonds. The van der Waals surface area contributed by atoms with Crippen LogP contribution in [0.25, 0.3) is 0 Å². The van der Waals surface area contributed by atoms with Crippen molar-refractivity contribution < 1.29 is 18.0 Å². The number of alkyl halides is 3. The van der Waals surface area contributed by atoms with Gasteiger partial charge < -0.3 is 9.88 Å². The molecule has 0 spiro atoms. The molecule has 24 heavy (non-hydrogen) atoms. The van der Waals surface area contributed by atoms with Crippen molar-refractivity contribution in [2.75, 3.05) is 0 Å². The molecular weight excluding hydrogens is 321 g/mol. The lowest BCUT2D eigenvalue weighted by Gasteiger charge is -2.27. The summed E-state index contributed by atoms with van der Waals surface area (Å²) >= 11 is 0. The number of hydrogen-bond acceptors (Lipinski definition) is 2. The Morgan fingerprint density at radius 3 is 2.25 bits per heavy atom. The number of hydrogen-bond donors (Lipinski definition) is 1. The SMILES string of the molecule is CC(C)(NC(=O)Cn1cc(C(F)(F)F)ccc1=O)c1ccccc1. The molecule has 0 saturated heterocycles. The first-order valence-electron chi connectivity index (χ1n) is 7.24. The Balaban J connectivity index is 2.17. The zero-order valence-electron chi connectivity index (χ0n) is 13.2. The Hall–Kier alpha value is -2.57. The third-order valence-corrected chi connectivity index (χ3v) is 3.57. The number of rotatable bonds is 4. The van der Waals surface area contributed by atoms with Gasteiger partial charge >= 0.3 is 6.18 Å². The Morgan fingerprint density at radius 1 is 1.04 bits per heavy atom. The summed E-state index contributed by atoms with van der Waals surface area (Å²) in [4.78, 5) is 23.8. The minimum atomic E-state index is -4.57. The largest absolute Gasteiger partial charge is 0.417 e. The van der Waals surface area contributed by atoms with Gasteiger partial charge in [0.15, 0.2) is 0 Å². The topological polar surface area (TPSA) is 51.1 Å². The van der Waals surface area contributed by atoms with Crippen molar-refractivity contribution in [1.82, 2.24) is 9.88 Å². The molecule has 1 N–H and O–H groups in total. The highest BCUT2D eigenvalue weighted by Gasteiger charge is 2.31. The number of pyridine rings is 1. The zero-order chi connectivity index (χ0) is 18.0. The molecule has 0 aliphatic rings. The average molecular weight is 338 g/mol. The van der Waals surface area contributed by atoms with Crippen molar-refractivity contribution in [2.45, 2.75) is 32.1 Å². The number of amides is 1. The number of halogens is 3. The maximum atomic E-state index is 12.7. The third-order valence-electron chi connectivity index (χ3n) is 3.57. The highest BCUT2D eigenvalue weighted by Crippen LogP contribution is 2.28. The van der Waals surface area contributed by atoms with E-state index in [0.29, 0.717) is 12.3 Å². The highest BCUT2D eigenvalue weighted by molar-refractivity contribution is 5.76. The van der Waals surface area contributed by atoms with Gasteiger partial charge in [0.25, 0.3) is 5.56 Å². The number of nitrogens with one attached hydrogen (secondary N) is 1. The molecule has 0 fully saturated rings. The Labute approximate surface area is 136 Å². The monoisotopic (exact) mass is 338 g/mol. The predicted octanol–water partition coefficient (Wildman–Crippen LogP) is 2.92. The van der Waals surface area contributed by atoms with Crippen LogP contribution in [-0.4, -0.2) is 10.5 Å². The van der Waals surface area contributed by atoms with Gasteiger partial charge in [-0.3, -0.25) is 9.59 Å². The number of aromatic nitrogens is 1. The second kappa shape index (κ2) is 6.51. The Kier molecular flexibility index (Phi) is 4.82. The first-order chi connectivity index (χ1) is 11.1. The summed E-state index contributed by atoms with van der Waals surface area (Å²) in [7, 11) is 0. The molecule has 1 aromatic carbocycles. The lowest BCUT2D eigenvalue weighted by molar-refractivity contribution is -0.138. The van der Waals surface area contributed by atoms with Crippen LogP contribution in [0, 0.1) is 0 Å². The lowest BCUT2D eigenvalue weighted by Crippen LogP contribution is -2.43. The summed E-state index contributed by atoms with van der Waals surface area (Å²) in [5.74, 6) is -0.551. The Bertz CT molecular complexity index is 780. The molecule has 0 atom stereocenters. The van der Waals surface area contributed by atoms with Crippen molar-refractivity contribution >= 4 is 5.91 Å². The maximum absolute atomic E-state index is 12.7. The average Bonchev–Trinajstić information content (AvgIpc) is 2.48. The zero-order valence-corrected chi connectivity index (χ0v) is 13.2. The van der Waals surface area contributed by atoms with Crippen molar-refractivity contribution in [3.8, 4) is 0 Å². The van der Waals surface area contributed by atoms with E-state index in [1.54, 1.807) is 13.8 Å². The first kappa shape index (κ1) is 17.8. The normalized spacial score (nSPS) is 12.0. The van der Waals surface area contributed by atoms with Gasteiger partial charge in [-0.05, 0) is 25.5 Å². The van der Waals surface area contributed by atoms with Gasteiger partial charge in [0.05, 0.1) is 11.1 Å². The number of nitrogens with zero attached hydrogens (tertiary/aromatic N) is 1. The molecule has 0 radical (unpaired) electrons. The molecule has 2 rings (SSSR count). The fourth-order valence-corrected chi connectivity index (χ4v) is 2.29. The molecular formula is C17H17F3N2O2. The van der Waals surface area contributed by atoms with Crippen LogP contribution < -0.4 is 10.9 Å². The van der Waals surface area contributed by atoms with Gasteiger partial charge in [-0.25, -0.2) is 0 Å². The molecule has 0 unspecified atom stereocenters. The minimum absolute atomic E-state index is 0.487. The fraction of sp³-hybridized carbons (Fsp3) is 0.294. The molecule has 7 heteroatoms. The molecule has 4 nitrogen and oxygen atoms in total. The number of carbonyl (C=O) groups is 1. The van der Waals surface area contributed by atoms with Gasteiger partial charge in [-0.15, -0.1) is 0 Å². The van der Waals surface area contributed by atoms with E-state index in [9.17, 15) is 22.8 Å². The van der Waals surface area contributed by atoms with Crippen molar-refractivity contribution in [3.63, 3.8) is 0 Å². The van der Waals surface area contributed by atoms with Gasteiger partial charge in [0.2, 0.25) is 5.91 Å². The lowest BCUT2D eigenvalue weighted by atomic mass is 9.94. The molecule has 0 saturated carbocycles. The molecule has 2 aromatic rings. The van der Waals surface area contributed by atoms with Crippen LogP contribution in [0.5, 0.6) is 0 Å². The summed E-state index contributed by atoms with van der Waals surface area (Å²) in [6.07, 6.45) is -3.92. The number of carbonyl (C=O) groups excluding carboxylic acids is 1. The maximum Gasteiger partial charge on any atom is 0.417 e. The summed E-state index contributed by atoms with van der Waals surface area (Å²) in [5.41, 5.74) is -1.52. The van der Waals surface area contributed by atoms with Gasteiger partial charge in [0.1, 0.15) is 6.54 Å². The third kappa shape index (κ3) is 4.24. The molecule has 0 aliphatic carbocycles. The highest BCUT2D eigenvalue weighted by atomic mass is 19.4. The molecule has 0 aliphatic heterocycles. The fourth-order valence-electron chi connectivity index (χ4n) is 2.29. The summed E-state index contributed by atoms with van der Waals surface area (Å²) < 4.78 is 38.9. The van der Waals surface area contributed by atoms with Crippen LogP contribution in [0.3, 0.4) is 0 Å². The van der Waals surface area contributed by atoms with Gasteiger partial charge in [-0.1, -0.05) is 30.3 Å². The molecule has 128 valence electrons. The van der Waals surface area contributed by atoms with Crippen LogP contribution >= 0.6 is 0 Å². The molecule has 1 aromatic heterocycles. The van der Waals surface area contributed by atoms with Gasteiger partial charge in [-0.2, -0.15) is 13.2 Å². The van der Waals surface area contributed by atoms with E-state index in [1.807, 2.05) is 30.3 Å². The van der Waals surface area contributed by atoms with E-state index < -0.39 is 35.3 Å². The molecule has 1 heterocycles. The van der Waals surface area contributed by atoms with Crippen molar-refractivity contribution in [2.24, 2.45) is 0 Å². The van der Waals surface area contributed by atoms with Crippen LogP contribution in [0.15, 0.2) is 53.5 Å². The smallest absolute Gasteiger partial charge is 0.346 e.